The van der Waals surface area contributed by atoms with E-state index < -0.39 is 18.5 Å². The maximum atomic E-state index is 12.7. The lowest BCUT2D eigenvalue weighted by Gasteiger charge is -2.29. The van der Waals surface area contributed by atoms with Crippen molar-refractivity contribution in [2.45, 2.75) is 57.8 Å². The van der Waals surface area contributed by atoms with E-state index in [0.29, 0.717) is 17.4 Å². The monoisotopic (exact) mass is 582 g/mol. The van der Waals surface area contributed by atoms with Gasteiger partial charge in [0.05, 0.1) is 24.4 Å². The third kappa shape index (κ3) is 8.53. The van der Waals surface area contributed by atoms with Gasteiger partial charge < -0.3 is 19.3 Å². The van der Waals surface area contributed by atoms with E-state index in [0.717, 1.165) is 28.2 Å². The van der Waals surface area contributed by atoms with Gasteiger partial charge >= 0.3 is 11.9 Å². The lowest BCUT2D eigenvalue weighted by molar-refractivity contribution is -0.131. The molecule has 226 valence electrons. The summed E-state index contributed by atoms with van der Waals surface area (Å²) in [6, 6.07) is 21.3. The summed E-state index contributed by atoms with van der Waals surface area (Å²) >= 11 is 0. The molecule has 0 amide bonds. The molecule has 0 saturated heterocycles. The Kier molecular flexibility index (Phi) is 11.5. The van der Waals surface area contributed by atoms with Crippen molar-refractivity contribution in [2.75, 3.05) is 20.3 Å². The Bertz CT molecular complexity index is 1410. The second-order valence-corrected chi connectivity index (χ2v) is 11.3. The van der Waals surface area contributed by atoms with Crippen molar-refractivity contribution in [3.63, 3.8) is 0 Å². The molecule has 4 rings (SSSR count). The van der Waals surface area contributed by atoms with Gasteiger partial charge in [0.15, 0.2) is 0 Å². The highest BCUT2D eigenvalue weighted by atomic mass is 16.5. The number of methoxy groups -OCH3 is 1. The third-order valence-electron chi connectivity index (χ3n) is 8.17. The molecule has 0 atom stereocenters. The van der Waals surface area contributed by atoms with Crippen LogP contribution >= 0.6 is 0 Å². The summed E-state index contributed by atoms with van der Waals surface area (Å²) in [5.41, 5.74) is 5.08. The van der Waals surface area contributed by atoms with Gasteiger partial charge in [-0.05, 0) is 84.0 Å². The predicted molar refractivity (Wildman–Crippen MR) is 170 cm³/mol. The Morgan fingerprint density at radius 3 is 2.07 bits per heavy atom. The zero-order valence-corrected chi connectivity index (χ0v) is 25.3. The summed E-state index contributed by atoms with van der Waals surface area (Å²) in [6.45, 7) is 9.17. The number of hydrogen-bond donors (Lipinski definition) is 1. The van der Waals surface area contributed by atoms with E-state index in [1.54, 1.807) is 18.2 Å². The lowest BCUT2D eigenvalue weighted by atomic mass is 9.77. The van der Waals surface area contributed by atoms with Crippen LogP contribution in [0, 0.1) is 5.92 Å². The van der Waals surface area contributed by atoms with Crippen molar-refractivity contribution < 1.29 is 28.9 Å². The van der Waals surface area contributed by atoms with E-state index in [-0.39, 0.29) is 17.8 Å². The molecule has 1 saturated carbocycles. The van der Waals surface area contributed by atoms with Crippen molar-refractivity contribution in [1.82, 2.24) is 0 Å². The molecule has 3 aromatic carbocycles. The van der Waals surface area contributed by atoms with Crippen molar-refractivity contribution >= 4 is 11.9 Å². The number of hydrogen-bond acceptors (Lipinski definition) is 6. The fourth-order valence-electron chi connectivity index (χ4n) is 5.60. The van der Waals surface area contributed by atoms with Gasteiger partial charge in [-0.25, -0.2) is 9.59 Å². The van der Waals surface area contributed by atoms with E-state index in [1.807, 2.05) is 24.3 Å². The van der Waals surface area contributed by atoms with Gasteiger partial charge in [0.2, 0.25) is 0 Å². The smallest absolute Gasteiger partial charge is 0.341 e. The van der Waals surface area contributed by atoms with Crippen LogP contribution in [0.2, 0.25) is 0 Å². The minimum absolute atomic E-state index is 0.0160. The van der Waals surface area contributed by atoms with Crippen LogP contribution in [-0.4, -0.2) is 37.4 Å². The number of esters is 2. The molecule has 0 radical (unpaired) electrons. The Balaban J connectivity index is 1.58. The van der Waals surface area contributed by atoms with Crippen molar-refractivity contribution in [3.8, 4) is 33.8 Å². The molecule has 1 aliphatic rings. The van der Waals surface area contributed by atoms with Gasteiger partial charge in [-0.2, -0.15) is 0 Å². The SMILES string of the molecule is C=C(CO)C(=O)Oc1ccc(-c2ccc(OC(=O)C(=C)COC)c(-c3ccc(C4CCC(CCCC)CC4)cc3)c2)cc1. The summed E-state index contributed by atoms with van der Waals surface area (Å²) in [4.78, 5) is 24.7. The maximum Gasteiger partial charge on any atom is 0.341 e. The molecule has 0 heterocycles. The molecule has 0 spiro atoms. The number of carbonyl (C=O) groups excluding carboxylic acids is 2. The zero-order chi connectivity index (χ0) is 30.8. The molecule has 1 fully saturated rings. The number of aliphatic hydroxyl groups excluding tert-OH is 1. The van der Waals surface area contributed by atoms with E-state index in [9.17, 15) is 9.59 Å². The number of aliphatic hydroxyl groups is 1. The molecular weight excluding hydrogens is 540 g/mol. The third-order valence-corrected chi connectivity index (χ3v) is 8.17. The van der Waals surface area contributed by atoms with E-state index in [4.69, 9.17) is 19.3 Å². The van der Waals surface area contributed by atoms with Gasteiger partial charge in [-0.15, -0.1) is 0 Å². The molecule has 1 N–H and O–H groups in total. The number of rotatable bonds is 13. The van der Waals surface area contributed by atoms with E-state index >= 15 is 0 Å². The first-order valence-corrected chi connectivity index (χ1v) is 15.1. The summed E-state index contributed by atoms with van der Waals surface area (Å²) in [5.74, 6) is 1.01. The minimum Gasteiger partial charge on any atom is -0.423 e. The quantitative estimate of drug-likeness (QED) is 0.125. The molecular formula is C37H42O6. The van der Waals surface area contributed by atoms with Crippen LogP contribution in [0.1, 0.15) is 63.4 Å². The molecule has 0 aromatic heterocycles. The Morgan fingerprint density at radius 2 is 1.44 bits per heavy atom. The van der Waals surface area contributed by atoms with E-state index in [2.05, 4.69) is 44.3 Å². The fourth-order valence-corrected chi connectivity index (χ4v) is 5.60. The van der Waals surface area contributed by atoms with Crippen LogP contribution in [0.3, 0.4) is 0 Å². The van der Waals surface area contributed by atoms with E-state index in [1.165, 1.54) is 57.6 Å². The predicted octanol–water partition coefficient (Wildman–Crippen LogP) is 8.05. The number of unbranched alkanes of at least 4 members (excludes halogenated alkanes) is 1. The Morgan fingerprint density at radius 1 is 0.814 bits per heavy atom. The van der Waals surface area contributed by atoms with Crippen molar-refractivity contribution in [3.05, 3.63) is 96.6 Å². The zero-order valence-electron chi connectivity index (χ0n) is 25.3. The lowest BCUT2D eigenvalue weighted by Crippen LogP contribution is -2.14. The van der Waals surface area contributed by atoms with Crippen LogP contribution in [0.25, 0.3) is 22.3 Å². The van der Waals surface area contributed by atoms with Gasteiger partial charge in [0.25, 0.3) is 0 Å². The highest BCUT2D eigenvalue weighted by Gasteiger charge is 2.22. The van der Waals surface area contributed by atoms with Gasteiger partial charge in [-0.1, -0.05) is 81.8 Å². The van der Waals surface area contributed by atoms with Gasteiger partial charge in [-0.3, -0.25) is 0 Å². The molecule has 3 aromatic rings. The molecule has 6 heteroatoms. The van der Waals surface area contributed by atoms with Crippen LogP contribution < -0.4 is 9.47 Å². The molecule has 0 unspecified atom stereocenters. The average molecular weight is 583 g/mol. The Hall–Kier alpha value is -4.00. The maximum absolute atomic E-state index is 12.7. The summed E-state index contributed by atoms with van der Waals surface area (Å²) in [6.07, 6.45) is 9.00. The fraction of sp³-hybridized carbons (Fsp3) is 0.351. The Labute approximate surface area is 255 Å². The second-order valence-electron chi connectivity index (χ2n) is 11.3. The van der Waals surface area contributed by atoms with Gasteiger partial charge in [0.1, 0.15) is 11.5 Å². The topological polar surface area (TPSA) is 82.1 Å². The number of carbonyl (C=O) groups is 2. The number of ether oxygens (including phenoxy) is 3. The highest BCUT2D eigenvalue weighted by molar-refractivity contribution is 5.92. The van der Waals surface area contributed by atoms with Crippen molar-refractivity contribution in [2.24, 2.45) is 5.92 Å². The first-order chi connectivity index (χ1) is 20.8. The van der Waals surface area contributed by atoms with Crippen LogP contribution in [0.5, 0.6) is 11.5 Å². The summed E-state index contributed by atoms with van der Waals surface area (Å²) in [7, 11) is 1.51. The number of benzene rings is 3. The van der Waals surface area contributed by atoms with Crippen LogP contribution in [0.15, 0.2) is 91.0 Å². The van der Waals surface area contributed by atoms with Crippen LogP contribution in [-0.2, 0) is 14.3 Å². The highest BCUT2D eigenvalue weighted by Crippen LogP contribution is 2.40. The average Bonchev–Trinajstić information content (AvgIpc) is 3.04. The molecule has 1 aliphatic carbocycles. The normalized spacial score (nSPS) is 16.3. The summed E-state index contributed by atoms with van der Waals surface area (Å²) in [5, 5.41) is 9.10. The van der Waals surface area contributed by atoms with Gasteiger partial charge in [0, 0.05) is 12.7 Å². The second kappa shape index (κ2) is 15.5. The summed E-state index contributed by atoms with van der Waals surface area (Å²) < 4.78 is 16.1. The first kappa shape index (κ1) is 31.9. The first-order valence-electron chi connectivity index (χ1n) is 15.1. The standard InChI is InChI=1S/C37H42O6/c1-5-6-7-27-8-10-28(11-9-27)29-12-14-31(15-13-29)34-22-32(18-21-35(34)43-37(40)26(3)24-41-4)30-16-19-33(20-17-30)42-36(39)25(2)23-38/h12-22,27-28,38H,2-3,5-11,23-24H2,1,4H3. The molecule has 43 heavy (non-hydrogen) atoms. The largest absolute Gasteiger partial charge is 0.423 e. The van der Waals surface area contributed by atoms with Crippen molar-refractivity contribution in [1.29, 1.82) is 0 Å². The van der Waals surface area contributed by atoms with Crippen LogP contribution in [0.4, 0.5) is 0 Å². The molecule has 6 nitrogen and oxygen atoms in total. The molecule has 0 bridgehead atoms. The molecule has 0 aliphatic heterocycles. The minimum atomic E-state index is -0.674.